The van der Waals surface area contributed by atoms with E-state index in [9.17, 15) is 0 Å². The highest BCUT2D eigenvalue weighted by atomic mass is 127. The van der Waals surface area contributed by atoms with Gasteiger partial charge in [0, 0.05) is 31.9 Å². The summed E-state index contributed by atoms with van der Waals surface area (Å²) in [6.45, 7) is 4.93. The second-order valence-corrected chi connectivity index (χ2v) is 7.00. The summed E-state index contributed by atoms with van der Waals surface area (Å²) in [6, 6.07) is 13.8. The van der Waals surface area contributed by atoms with E-state index in [1.165, 1.54) is 0 Å². The van der Waals surface area contributed by atoms with Crippen LogP contribution in [0.15, 0.2) is 47.5 Å². The van der Waals surface area contributed by atoms with Crippen LogP contribution in [0.2, 0.25) is 0 Å². The SMILES string of the molecule is CCOc1ccc(NC(=NC)NCc2ccc(OCCCN(C)C)cc2)cc1OC.I. The number of anilines is 1. The molecular formula is C23H35IN4O3. The van der Waals surface area contributed by atoms with Crippen LogP contribution in [-0.4, -0.2) is 58.9 Å². The highest BCUT2D eigenvalue weighted by Crippen LogP contribution is 2.30. The predicted octanol–water partition coefficient (Wildman–Crippen LogP) is 4.23. The molecule has 172 valence electrons. The molecule has 0 saturated carbocycles. The van der Waals surface area contributed by atoms with E-state index in [0.29, 0.717) is 24.9 Å². The molecule has 2 aromatic rings. The van der Waals surface area contributed by atoms with Crippen molar-refractivity contribution in [3.05, 3.63) is 48.0 Å². The monoisotopic (exact) mass is 542 g/mol. The molecule has 2 rings (SSSR count). The van der Waals surface area contributed by atoms with Gasteiger partial charge in [-0.1, -0.05) is 12.1 Å². The first-order valence-electron chi connectivity index (χ1n) is 10.2. The molecule has 0 radical (unpaired) electrons. The third-order valence-electron chi connectivity index (χ3n) is 4.35. The van der Waals surface area contributed by atoms with Gasteiger partial charge in [0.25, 0.3) is 0 Å². The van der Waals surface area contributed by atoms with Crippen LogP contribution in [0.3, 0.4) is 0 Å². The number of ether oxygens (including phenoxy) is 3. The van der Waals surface area contributed by atoms with Crippen molar-refractivity contribution in [1.29, 1.82) is 0 Å². The average molecular weight is 542 g/mol. The second kappa shape index (κ2) is 14.7. The third kappa shape index (κ3) is 9.65. The average Bonchev–Trinajstić information content (AvgIpc) is 2.76. The predicted molar refractivity (Wildman–Crippen MR) is 139 cm³/mol. The van der Waals surface area contributed by atoms with Crippen LogP contribution in [0.5, 0.6) is 17.2 Å². The van der Waals surface area contributed by atoms with E-state index in [2.05, 4.69) is 46.8 Å². The Bertz CT molecular complexity index is 798. The van der Waals surface area contributed by atoms with Gasteiger partial charge in [0.15, 0.2) is 17.5 Å². The second-order valence-electron chi connectivity index (χ2n) is 7.00. The minimum atomic E-state index is 0. The molecule has 8 heteroatoms. The van der Waals surface area contributed by atoms with E-state index >= 15 is 0 Å². The minimum Gasteiger partial charge on any atom is -0.494 e. The summed E-state index contributed by atoms with van der Waals surface area (Å²) in [5, 5.41) is 6.59. The molecule has 2 aromatic carbocycles. The van der Waals surface area contributed by atoms with Crippen LogP contribution in [0.1, 0.15) is 18.9 Å². The Morgan fingerprint density at radius 1 is 1.03 bits per heavy atom. The first-order valence-corrected chi connectivity index (χ1v) is 10.2. The van der Waals surface area contributed by atoms with Gasteiger partial charge >= 0.3 is 0 Å². The van der Waals surface area contributed by atoms with Gasteiger partial charge in [-0.3, -0.25) is 4.99 Å². The summed E-state index contributed by atoms with van der Waals surface area (Å²) in [4.78, 5) is 6.44. The smallest absolute Gasteiger partial charge is 0.195 e. The molecule has 0 aliphatic carbocycles. The van der Waals surface area contributed by atoms with Crippen molar-refractivity contribution in [2.75, 3.05) is 53.3 Å². The molecule has 7 nitrogen and oxygen atoms in total. The van der Waals surface area contributed by atoms with Gasteiger partial charge in [0.1, 0.15) is 5.75 Å². The molecule has 2 N–H and O–H groups in total. The first kappa shape index (κ1) is 26.8. The third-order valence-corrected chi connectivity index (χ3v) is 4.35. The van der Waals surface area contributed by atoms with Crippen molar-refractivity contribution in [2.45, 2.75) is 19.9 Å². The summed E-state index contributed by atoms with van der Waals surface area (Å²) in [5.41, 5.74) is 2.01. The molecule has 0 aliphatic heterocycles. The van der Waals surface area contributed by atoms with Crippen LogP contribution in [-0.2, 0) is 6.54 Å². The Morgan fingerprint density at radius 3 is 2.39 bits per heavy atom. The van der Waals surface area contributed by atoms with Gasteiger partial charge in [0.2, 0.25) is 0 Å². The lowest BCUT2D eigenvalue weighted by atomic mass is 10.2. The standard InChI is InChI=1S/C23H34N4O3.HI/c1-6-29-21-13-10-19(16-22(21)28-5)26-23(24-2)25-17-18-8-11-20(12-9-18)30-15-7-14-27(3)4;/h8-13,16H,6-7,14-15,17H2,1-5H3,(H2,24,25,26);1H. The number of hydrogen-bond donors (Lipinski definition) is 2. The molecule has 0 aromatic heterocycles. The van der Waals surface area contributed by atoms with Gasteiger partial charge < -0.3 is 29.7 Å². The molecular weight excluding hydrogens is 507 g/mol. The first-order chi connectivity index (χ1) is 14.5. The fourth-order valence-corrected chi connectivity index (χ4v) is 2.80. The maximum absolute atomic E-state index is 5.78. The maximum atomic E-state index is 5.78. The summed E-state index contributed by atoms with van der Waals surface area (Å²) in [5.74, 6) is 2.96. The van der Waals surface area contributed by atoms with Gasteiger partial charge in [-0.25, -0.2) is 0 Å². The molecule has 0 spiro atoms. The molecule has 0 fully saturated rings. The van der Waals surface area contributed by atoms with Crippen molar-refractivity contribution in [3.63, 3.8) is 0 Å². The molecule has 0 aliphatic rings. The van der Waals surface area contributed by atoms with Gasteiger partial charge in [0.05, 0.1) is 20.3 Å². The van der Waals surface area contributed by atoms with Crippen molar-refractivity contribution in [2.24, 2.45) is 4.99 Å². The van der Waals surface area contributed by atoms with E-state index in [1.807, 2.05) is 37.3 Å². The van der Waals surface area contributed by atoms with E-state index < -0.39 is 0 Å². The number of hydrogen-bond acceptors (Lipinski definition) is 5. The van der Waals surface area contributed by atoms with Crippen LogP contribution in [0.25, 0.3) is 0 Å². The molecule has 0 amide bonds. The topological polar surface area (TPSA) is 67.3 Å². The van der Waals surface area contributed by atoms with Gasteiger partial charge in [-0.2, -0.15) is 0 Å². The maximum Gasteiger partial charge on any atom is 0.195 e. The Hall–Kier alpha value is -2.20. The van der Waals surface area contributed by atoms with Crippen molar-refractivity contribution in [3.8, 4) is 17.2 Å². The van der Waals surface area contributed by atoms with Crippen molar-refractivity contribution >= 4 is 35.6 Å². The Labute approximate surface area is 203 Å². The highest BCUT2D eigenvalue weighted by Gasteiger charge is 2.07. The zero-order chi connectivity index (χ0) is 21.8. The van der Waals surface area contributed by atoms with E-state index in [-0.39, 0.29) is 24.0 Å². The van der Waals surface area contributed by atoms with E-state index in [4.69, 9.17) is 14.2 Å². The number of halogens is 1. The van der Waals surface area contributed by atoms with Crippen LogP contribution in [0, 0.1) is 0 Å². The summed E-state index contributed by atoms with van der Waals surface area (Å²) in [7, 11) is 7.50. The molecule has 31 heavy (non-hydrogen) atoms. The number of benzene rings is 2. The molecule has 0 unspecified atom stereocenters. The summed E-state index contributed by atoms with van der Waals surface area (Å²) < 4.78 is 16.7. The minimum absolute atomic E-state index is 0. The molecule has 0 bridgehead atoms. The molecule has 0 heterocycles. The zero-order valence-electron chi connectivity index (χ0n) is 19.1. The highest BCUT2D eigenvalue weighted by molar-refractivity contribution is 14.0. The van der Waals surface area contributed by atoms with E-state index in [0.717, 1.165) is 42.3 Å². The Morgan fingerprint density at radius 2 is 1.77 bits per heavy atom. The van der Waals surface area contributed by atoms with Crippen molar-refractivity contribution < 1.29 is 14.2 Å². The Balaban J connectivity index is 0.00000480. The van der Waals surface area contributed by atoms with E-state index in [1.54, 1.807) is 14.2 Å². The zero-order valence-corrected chi connectivity index (χ0v) is 21.4. The molecule has 0 saturated heterocycles. The fourth-order valence-electron chi connectivity index (χ4n) is 2.80. The summed E-state index contributed by atoms with van der Waals surface area (Å²) >= 11 is 0. The largest absolute Gasteiger partial charge is 0.494 e. The number of methoxy groups -OCH3 is 1. The van der Waals surface area contributed by atoms with Crippen LogP contribution >= 0.6 is 24.0 Å². The van der Waals surface area contributed by atoms with Crippen LogP contribution in [0.4, 0.5) is 5.69 Å². The molecule has 0 atom stereocenters. The normalized spacial score (nSPS) is 11.0. The lowest BCUT2D eigenvalue weighted by molar-refractivity contribution is 0.281. The summed E-state index contributed by atoms with van der Waals surface area (Å²) in [6.07, 6.45) is 1.01. The van der Waals surface area contributed by atoms with Gasteiger partial charge in [-0.05, 0) is 57.3 Å². The van der Waals surface area contributed by atoms with Gasteiger partial charge in [-0.15, -0.1) is 24.0 Å². The number of nitrogens with one attached hydrogen (secondary N) is 2. The number of nitrogens with zero attached hydrogens (tertiary/aromatic N) is 2. The Kier molecular flexibility index (Phi) is 12.8. The fraction of sp³-hybridized carbons (Fsp3) is 0.435. The lowest BCUT2D eigenvalue weighted by Gasteiger charge is -2.15. The quantitative estimate of drug-likeness (QED) is 0.192. The van der Waals surface area contributed by atoms with Crippen molar-refractivity contribution in [1.82, 2.24) is 10.2 Å². The number of guanidine groups is 1. The number of rotatable bonds is 11. The number of aliphatic imine (C=N–C) groups is 1. The van der Waals surface area contributed by atoms with Crippen LogP contribution < -0.4 is 24.8 Å². The lowest BCUT2D eigenvalue weighted by Crippen LogP contribution is -2.30.